The minimum atomic E-state index is -0.622. The zero-order valence-corrected chi connectivity index (χ0v) is 10.5. The predicted molar refractivity (Wildman–Crippen MR) is 60.6 cm³/mol. The maximum Gasteiger partial charge on any atom is 0.407 e. The largest absolute Gasteiger partial charge is 0.453 e. The van der Waals surface area contributed by atoms with Crippen molar-refractivity contribution in [2.24, 2.45) is 11.7 Å². The number of hydrogen-bond acceptors (Lipinski definition) is 4. The van der Waals surface area contributed by atoms with Gasteiger partial charge in [0.25, 0.3) is 0 Å². The number of ether oxygens (including phenoxy) is 1. The molecule has 16 heavy (non-hydrogen) atoms. The van der Waals surface area contributed by atoms with E-state index in [-0.39, 0.29) is 11.8 Å². The molecule has 0 saturated carbocycles. The van der Waals surface area contributed by atoms with Gasteiger partial charge in [0.1, 0.15) is 6.04 Å². The lowest BCUT2D eigenvalue weighted by Crippen LogP contribution is -2.53. The van der Waals surface area contributed by atoms with Gasteiger partial charge in [0.05, 0.1) is 13.3 Å². The lowest BCUT2D eigenvalue weighted by Gasteiger charge is -2.28. The SMILES string of the molecule is COC(=O)N[C@H](C(=O)N(C)[C@H](C)N)C(C)C. The van der Waals surface area contributed by atoms with Crippen LogP contribution in [0.3, 0.4) is 0 Å². The van der Waals surface area contributed by atoms with Crippen molar-refractivity contribution < 1.29 is 14.3 Å². The molecule has 0 aliphatic carbocycles. The van der Waals surface area contributed by atoms with Gasteiger partial charge < -0.3 is 20.7 Å². The maximum absolute atomic E-state index is 12.0. The van der Waals surface area contributed by atoms with Crippen molar-refractivity contribution in [2.75, 3.05) is 14.2 Å². The minimum Gasteiger partial charge on any atom is -0.453 e. The Morgan fingerprint density at radius 3 is 2.12 bits per heavy atom. The molecule has 6 nitrogen and oxygen atoms in total. The summed E-state index contributed by atoms with van der Waals surface area (Å²) in [6, 6.07) is -0.622. The lowest BCUT2D eigenvalue weighted by atomic mass is 10.0. The van der Waals surface area contributed by atoms with Crippen LogP contribution < -0.4 is 11.1 Å². The number of amides is 2. The van der Waals surface area contributed by atoms with Crippen LogP contribution in [0.25, 0.3) is 0 Å². The number of methoxy groups -OCH3 is 1. The fraction of sp³-hybridized carbons (Fsp3) is 0.800. The van der Waals surface area contributed by atoms with E-state index in [4.69, 9.17) is 5.73 Å². The van der Waals surface area contributed by atoms with Gasteiger partial charge in [-0.3, -0.25) is 4.79 Å². The summed E-state index contributed by atoms with van der Waals surface area (Å²) in [4.78, 5) is 24.4. The highest BCUT2D eigenvalue weighted by Crippen LogP contribution is 2.06. The molecular formula is C10H21N3O3. The number of nitrogens with one attached hydrogen (secondary N) is 1. The van der Waals surface area contributed by atoms with Crippen LogP contribution in [0.5, 0.6) is 0 Å². The minimum absolute atomic E-state index is 0.0344. The van der Waals surface area contributed by atoms with Gasteiger partial charge in [-0.1, -0.05) is 13.8 Å². The highest BCUT2D eigenvalue weighted by atomic mass is 16.5. The summed E-state index contributed by atoms with van der Waals surface area (Å²) in [5, 5.41) is 2.49. The maximum atomic E-state index is 12.0. The van der Waals surface area contributed by atoms with Crippen molar-refractivity contribution in [3.63, 3.8) is 0 Å². The van der Waals surface area contributed by atoms with Crippen LogP contribution in [0.4, 0.5) is 4.79 Å². The van der Waals surface area contributed by atoms with E-state index in [1.807, 2.05) is 13.8 Å². The molecule has 0 saturated heterocycles. The van der Waals surface area contributed by atoms with Gasteiger partial charge in [0, 0.05) is 7.05 Å². The van der Waals surface area contributed by atoms with Crippen LogP contribution in [-0.4, -0.2) is 43.3 Å². The Hall–Kier alpha value is -1.30. The summed E-state index contributed by atoms with van der Waals surface area (Å²) in [6.07, 6.45) is -1.02. The molecule has 2 atom stereocenters. The monoisotopic (exact) mass is 231 g/mol. The van der Waals surface area contributed by atoms with Gasteiger partial charge in [0.15, 0.2) is 0 Å². The Kier molecular flexibility index (Phi) is 5.81. The molecule has 3 N–H and O–H groups in total. The smallest absolute Gasteiger partial charge is 0.407 e. The third-order valence-electron chi connectivity index (χ3n) is 2.35. The second-order valence-corrected chi connectivity index (χ2v) is 4.05. The summed E-state index contributed by atoms with van der Waals surface area (Å²) in [6.45, 7) is 5.38. The Morgan fingerprint density at radius 1 is 1.31 bits per heavy atom. The molecule has 0 bridgehead atoms. The first-order valence-corrected chi connectivity index (χ1v) is 5.18. The number of nitrogens with zero attached hydrogens (tertiary/aromatic N) is 1. The van der Waals surface area contributed by atoms with Gasteiger partial charge >= 0.3 is 6.09 Å². The molecule has 0 spiro atoms. The molecule has 0 aliphatic heterocycles. The van der Waals surface area contributed by atoms with Crippen molar-refractivity contribution in [2.45, 2.75) is 33.0 Å². The number of likely N-dealkylation sites (N-methyl/N-ethyl adjacent to an activating group) is 1. The molecule has 0 heterocycles. The molecule has 2 amide bonds. The highest BCUT2D eigenvalue weighted by molar-refractivity contribution is 5.85. The predicted octanol–water partition coefficient (Wildman–Crippen LogP) is 0.130. The number of alkyl carbamates (subject to hydrolysis) is 1. The summed E-state index contributed by atoms with van der Waals surface area (Å²) < 4.78 is 4.47. The quantitative estimate of drug-likeness (QED) is 0.673. The van der Waals surface area contributed by atoms with E-state index in [9.17, 15) is 9.59 Å². The first-order valence-electron chi connectivity index (χ1n) is 5.18. The van der Waals surface area contributed by atoms with E-state index < -0.39 is 18.3 Å². The number of rotatable bonds is 4. The van der Waals surface area contributed by atoms with Gasteiger partial charge in [0.2, 0.25) is 5.91 Å². The molecule has 0 aromatic heterocycles. The standard InChI is InChI=1S/C10H21N3O3/c1-6(2)8(12-10(15)16-5)9(14)13(4)7(3)11/h6-8H,11H2,1-5H3,(H,12,15)/t7-,8+/m1/s1. The average molecular weight is 231 g/mol. The summed E-state index contributed by atoms with van der Waals surface area (Å²) in [7, 11) is 2.85. The normalized spacial score (nSPS) is 14.2. The zero-order chi connectivity index (χ0) is 12.9. The third kappa shape index (κ3) is 4.06. The first kappa shape index (κ1) is 14.7. The van der Waals surface area contributed by atoms with E-state index in [2.05, 4.69) is 10.1 Å². The Morgan fingerprint density at radius 2 is 1.81 bits per heavy atom. The molecule has 0 radical (unpaired) electrons. The molecule has 0 aromatic rings. The van der Waals surface area contributed by atoms with Crippen LogP contribution in [0.2, 0.25) is 0 Å². The second kappa shape index (κ2) is 6.32. The second-order valence-electron chi connectivity index (χ2n) is 4.05. The summed E-state index contributed by atoms with van der Waals surface area (Å²) in [5.41, 5.74) is 5.60. The van der Waals surface area contributed by atoms with E-state index in [0.29, 0.717) is 0 Å². The summed E-state index contributed by atoms with van der Waals surface area (Å²) >= 11 is 0. The topological polar surface area (TPSA) is 84.7 Å². The first-order chi connectivity index (χ1) is 7.31. The number of hydrogen-bond donors (Lipinski definition) is 2. The van der Waals surface area contributed by atoms with Gasteiger partial charge in [-0.05, 0) is 12.8 Å². The van der Waals surface area contributed by atoms with Crippen LogP contribution in [-0.2, 0) is 9.53 Å². The van der Waals surface area contributed by atoms with E-state index in [1.165, 1.54) is 12.0 Å². The Labute approximate surface area is 96.1 Å². The van der Waals surface area contributed by atoms with Crippen molar-refractivity contribution in [1.29, 1.82) is 0 Å². The Balaban J connectivity index is 4.66. The van der Waals surface area contributed by atoms with Crippen LogP contribution >= 0.6 is 0 Å². The zero-order valence-electron chi connectivity index (χ0n) is 10.5. The molecule has 0 aliphatic rings. The van der Waals surface area contributed by atoms with E-state index in [0.717, 1.165) is 0 Å². The molecular weight excluding hydrogens is 210 g/mol. The molecule has 6 heteroatoms. The third-order valence-corrected chi connectivity index (χ3v) is 2.35. The average Bonchev–Trinajstić information content (AvgIpc) is 2.22. The molecule has 0 unspecified atom stereocenters. The van der Waals surface area contributed by atoms with E-state index in [1.54, 1.807) is 14.0 Å². The van der Waals surface area contributed by atoms with E-state index >= 15 is 0 Å². The fourth-order valence-corrected chi connectivity index (χ4v) is 1.12. The van der Waals surface area contributed by atoms with Crippen molar-refractivity contribution in [1.82, 2.24) is 10.2 Å². The highest BCUT2D eigenvalue weighted by Gasteiger charge is 2.28. The van der Waals surface area contributed by atoms with Gasteiger partial charge in [-0.25, -0.2) is 4.79 Å². The number of nitrogens with two attached hydrogens (primary N) is 1. The summed E-state index contributed by atoms with van der Waals surface area (Å²) in [5.74, 6) is -0.261. The van der Waals surface area contributed by atoms with Crippen molar-refractivity contribution in [3.05, 3.63) is 0 Å². The molecule has 94 valence electrons. The lowest BCUT2D eigenvalue weighted by molar-refractivity contribution is -0.134. The van der Waals surface area contributed by atoms with Crippen LogP contribution in [0.15, 0.2) is 0 Å². The molecule has 0 aromatic carbocycles. The fourth-order valence-electron chi connectivity index (χ4n) is 1.12. The van der Waals surface area contributed by atoms with Crippen LogP contribution in [0, 0.1) is 5.92 Å². The Bertz CT molecular complexity index is 254. The molecule has 0 fully saturated rings. The van der Waals surface area contributed by atoms with Gasteiger partial charge in [-0.15, -0.1) is 0 Å². The number of carbonyl (C=O) groups is 2. The number of carbonyl (C=O) groups excluding carboxylic acids is 2. The van der Waals surface area contributed by atoms with Crippen molar-refractivity contribution >= 4 is 12.0 Å². The molecule has 0 rings (SSSR count). The van der Waals surface area contributed by atoms with Gasteiger partial charge in [-0.2, -0.15) is 0 Å². The van der Waals surface area contributed by atoms with Crippen LogP contribution in [0.1, 0.15) is 20.8 Å². The van der Waals surface area contributed by atoms with Crippen molar-refractivity contribution in [3.8, 4) is 0 Å².